The zero-order chi connectivity index (χ0) is 17.0. The van der Waals surface area contributed by atoms with E-state index in [0.29, 0.717) is 17.7 Å². The van der Waals surface area contributed by atoms with E-state index in [1.807, 2.05) is 0 Å². The van der Waals surface area contributed by atoms with Crippen LogP contribution in [0, 0.1) is 10.1 Å². The van der Waals surface area contributed by atoms with Crippen LogP contribution in [0.15, 0.2) is 18.2 Å². The first-order valence-corrected chi connectivity index (χ1v) is 6.89. The van der Waals surface area contributed by atoms with Crippen molar-refractivity contribution in [3.05, 3.63) is 33.9 Å². The molecule has 1 fully saturated rings. The van der Waals surface area contributed by atoms with E-state index in [1.54, 1.807) is 0 Å². The van der Waals surface area contributed by atoms with Crippen LogP contribution >= 0.6 is 0 Å². The number of carboxylic acids is 1. The molecule has 0 unspecified atom stereocenters. The summed E-state index contributed by atoms with van der Waals surface area (Å²) in [5.41, 5.74) is 0.334. The molecule has 2 atom stereocenters. The Hall–Kier alpha value is -2.68. The molecule has 0 aromatic heterocycles. The van der Waals surface area contributed by atoms with Crippen molar-refractivity contribution in [2.24, 2.45) is 0 Å². The number of hydrogen-bond donors (Lipinski definition) is 2. The molecule has 2 N–H and O–H groups in total. The molecule has 1 saturated heterocycles. The van der Waals surface area contributed by atoms with Gasteiger partial charge in [0.1, 0.15) is 11.9 Å². The third kappa shape index (κ3) is 3.95. The third-order valence-corrected chi connectivity index (χ3v) is 3.52. The van der Waals surface area contributed by atoms with E-state index in [0.717, 1.165) is 0 Å². The summed E-state index contributed by atoms with van der Waals surface area (Å²) >= 11 is 0. The molecule has 2 rings (SSSR count). The maximum absolute atomic E-state index is 12.0. The number of nitro benzene ring substituents is 1. The van der Waals surface area contributed by atoms with Crippen LogP contribution in [0.25, 0.3) is 0 Å². The molecule has 0 radical (unpaired) electrons. The highest BCUT2D eigenvalue weighted by Crippen LogP contribution is 2.24. The molecule has 9 heteroatoms. The van der Waals surface area contributed by atoms with Crippen LogP contribution in [-0.4, -0.2) is 41.2 Å². The third-order valence-electron chi connectivity index (χ3n) is 3.52. The maximum Gasteiger partial charge on any atom is 0.332 e. The smallest absolute Gasteiger partial charge is 0.332 e. The average molecular weight is 324 g/mol. The molecular weight excluding hydrogens is 308 g/mol. The average Bonchev–Trinajstić information content (AvgIpc) is 3.02. The Balaban J connectivity index is 2.00. The minimum atomic E-state index is -1.10. The molecule has 1 heterocycles. The highest BCUT2D eigenvalue weighted by Gasteiger charge is 2.34. The van der Waals surface area contributed by atoms with Crippen molar-refractivity contribution in [3.8, 4) is 5.75 Å². The summed E-state index contributed by atoms with van der Waals surface area (Å²) in [7, 11) is 1.42. The molecule has 9 nitrogen and oxygen atoms in total. The molecule has 0 spiro atoms. The number of carbonyl (C=O) groups excluding carboxylic acids is 1. The Labute approximate surface area is 131 Å². The monoisotopic (exact) mass is 324 g/mol. The van der Waals surface area contributed by atoms with Gasteiger partial charge < -0.3 is 19.9 Å². The number of aliphatic carboxylic acids is 1. The predicted octanol–water partition coefficient (Wildman–Crippen LogP) is 0.852. The van der Waals surface area contributed by atoms with Gasteiger partial charge in [0.05, 0.1) is 12.0 Å². The topological polar surface area (TPSA) is 128 Å². The fourth-order valence-corrected chi connectivity index (χ4v) is 2.32. The first kappa shape index (κ1) is 16.7. The summed E-state index contributed by atoms with van der Waals surface area (Å²) in [6, 6.07) is 4.07. The number of nitro groups is 1. The number of nitrogens with zero attached hydrogens (tertiary/aromatic N) is 1. The SMILES string of the molecule is COc1ccc([N+](=O)[O-])cc1CNC(=O)[C@@H]1CC[C@H](C(=O)O)O1. The number of carbonyl (C=O) groups is 2. The van der Waals surface area contributed by atoms with Crippen molar-refractivity contribution in [2.75, 3.05) is 7.11 Å². The lowest BCUT2D eigenvalue weighted by Crippen LogP contribution is -2.35. The van der Waals surface area contributed by atoms with Gasteiger partial charge in [0.25, 0.3) is 5.69 Å². The second-order valence-corrected chi connectivity index (χ2v) is 5.00. The van der Waals surface area contributed by atoms with E-state index in [9.17, 15) is 19.7 Å². The van der Waals surface area contributed by atoms with Crippen LogP contribution < -0.4 is 10.1 Å². The van der Waals surface area contributed by atoms with Crippen LogP contribution in [0.3, 0.4) is 0 Å². The largest absolute Gasteiger partial charge is 0.496 e. The standard InChI is InChI=1S/C14H16N2O7/c1-22-10-3-2-9(16(20)21)6-8(10)7-15-13(17)11-4-5-12(23-11)14(18)19/h2-3,6,11-12H,4-5,7H2,1H3,(H,15,17)(H,18,19)/t11-,12+/m0/s1. The van der Waals surface area contributed by atoms with Gasteiger partial charge in [0.15, 0.2) is 6.10 Å². The van der Waals surface area contributed by atoms with Crippen molar-refractivity contribution >= 4 is 17.6 Å². The van der Waals surface area contributed by atoms with E-state index in [4.69, 9.17) is 14.6 Å². The number of rotatable bonds is 6. The number of nitrogens with one attached hydrogen (secondary N) is 1. The molecule has 1 aliphatic heterocycles. The highest BCUT2D eigenvalue weighted by molar-refractivity contribution is 5.82. The second kappa shape index (κ2) is 7.05. The van der Waals surface area contributed by atoms with Gasteiger partial charge in [-0.05, 0) is 18.9 Å². The van der Waals surface area contributed by atoms with Crippen LogP contribution in [0.1, 0.15) is 18.4 Å². The minimum absolute atomic E-state index is 0.0152. The number of amides is 1. The van der Waals surface area contributed by atoms with Crippen molar-refractivity contribution in [1.29, 1.82) is 0 Å². The lowest BCUT2D eigenvalue weighted by molar-refractivity contribution is -0.384. The van der Waals surface area contributed by atoms with Crippen molar-refractivity contribution in [1.82, 2.24) is 5.32 Å². The lowest BCUT2D eigenvalue weighted by Gasteiger charge is -2.13. The fourth-order valence-electron chi connectivity index (χ4n) is 2.32. The number of non-ortho nitro benzene ring substituents is 1. The Morgan fingerprint density at radius 3 is 2.70 bits per heavy atom. The van der Waals surface area contributed by atoms with Gasteiger partial charge in [-0.15, -0.1) is 0 Å². The van der Waals surface area contributed by atoms with Gasteiger partial charge in [0, 0.05) is 24.2 Å². The maximum atomic E-state index is 12.0. The summed E-state index contributed by atoms with van der Waals surface area (Å²) in [5.74, 6) is -1.14. The zero-order valence-electron chi connectivity index (χ0n) is 12.4. The number of hydrogen-bond acceptors (Lipinski definition) is 6. The van der Waals surface area contributed by atoms with Gasteiger partial charge in [-0.3, -0.25) is 14.9 Å². The molecule has 124 valence electrons. The van der Waals surface area contributed by atoms with E-state index < -0.39 is 29.0 Å². The number of benzene rings is 1. The Bertz CT molecular complexity index is 632. The predicted molar refractivity (Wildman–Crippen MR) is 77.0 cm³/mol. The first-order valence-electron chi connectivity index (χ1n) is 6.89. The zero-order valence-corrected chi connectivity index (χ0v) is 12.4. The molecule has 0 aliphatic carbocycles. The van der Waals surface area contributed by atoms with Gasteiger partial charge in [-0.1, -0.05) is 0 Å². The molecule has 1 amide bonds. The van der Waals surface area contributed by atoms with E-state index in [1.165, 1.54) is 25.3 Å². The summed E-state index contributed by atoms with van der Waals surface area (Å²) in [4.78, 5) is 33.1. The quantitative estimate of drug-likeness (QED) is 0.586. The fraction of sp³-hybridized carbons (Fsp3) is 0.429. The number of ether oxygens (including phenoxy) is 2. The van der Waals surface area contributed by atoms with Crippen LogP contribution in [0.5, 0.6) is 5.75 Å². The number of methoxy groups -OCH3 is 1. The second-order valence-electron chi connectivity index (χ2n) is 5.00. The van der Waals surface area contributed by atoms with Gasteiger partial charge >= 0.3 is 5.97 Å². The van der Waals surface area contributed by atoms with E-state index in [-0.39, 0.29) is 18.7 Å². The molecular formula is C14H16N2O7. The highest BCUT2D eigenvalue weighted by atomic mass is 16.6. The molecule has 1 aromatic rings. The summed E-state index contributed by atoms with van der Waals surface area (Å²) < 4.78 is 10.2. The molecule has 0 bridgehead atoms. The first-order chi connectivity index (χ1) is 10.9. The summed E-state index contributed by atoms with van der Waals surface area (Å²) in [6.07, 6.45) is -1.22. The van der Waals surface area contributed by atoms with Gasteiger partial charge in [-0.25, -0.2) is 4.79 Å². The lowest BCUT2D eigenvalue weighted by atomic mass is 10.1. The van der Waals surface area contributed by atoms with Crippen LogP contribution in [-0.2, 0) is 20.9 Å². The molecule has 23 heavy (non-hydrogen) atoms. The Morgan fingerprint density at radius 1 is 1.43 bits per heavy atom. The molecule has 1 aromatic carbocycles. The van der Waals surface area contributed by atoms with Crippen molar-refractivity contribution in [3.63, 3.8) is 0 Å². The van der Waals surface area contributed by atoms with Crippen molar-refractivity contribution < 1.29 is 29.1 Å². The summed E-state index contributed by atoms with van der Waals surface area (Å²) in [6.45, 7) is 0.0152. The van der Waals surface area contributed by atoms with Gasteiger partial charge in [-0.2, -0.15) is 0 Å². The van der Waals surface area contributed by atoms with Crippen LogP contribution in [0.4, 0.5) is 5.69 Å². The normalized spacial score (nSPS) is 20.0. The Kier molecular flexibility index (Phi) is 5.12. The van der Waals surface area contributed by atoms with Crippen molar-refractivity contribution in [2.45, 2.75) is 31.6 Å². The van der Waals surface area contributed by atoms with E-state index in [2.05, 4.69) is 5.32 Å². The summed E-state index contributed by atoms with van der Waals surface area (Å²) in [5, 5.41) is 22.2. The Morgan fingerprint density at radius 2 is 2.13 bits per heavy atom. The molecule has 0 saturated carbocycles. The minimum Gasteiger partial charge on any atom is -0.496 e. The van der Waals surface area contributed by atoms with E-state index >= 15 is 0 Å². The number of carboxylic acid groups (broad SMARTS) is 1. The molecule has 1 aliphatic rings. The van der Waals surface area contributed by atoms with Gasteiger partial charge in [0.2, 0.25) is 5.91 Å². The van der Waals surface area contributed by atoms with Crippen LogP contribution in [0.2, 0.25) is 0 Å².